The van der Waals surface area contributed by atoms with Gasteiger partial charge in [0, 0.05) is 0 Å². The lowest BCUT2D eigenvalue weighted by atomic mass is 9.91. The molecule has 22 rings (SSSR count). The second kappa shape index (κ2) is 27.9. The average Bonchev–Trinajstić information content (AvgIpc) is 1.43. The Morgan fingerprint density at radius 2 is 0.464 bits per heavy atom. The summed E-state index contributed by atoms with van der Waals surface area (Å²) in [6.07, 6.45) is -74.6. The van der Waals surface area contributed by atoms with Gasteiger partial charge in [-0.3, -0.25) is 0 Å². The van der Waals surface area contributed by atoms with E-state index in [1.807, 2.05) is 0 Å². The molecule has 84 heavy (non-hydrogen) atoms. The van der Waals surface area contributed by atoms with Crippen molar-refractivity contribution in [3.63, 3.8) is 0 Å². The molecule has 35 nitrogen and oxygen atoms in total. The Balaban J connectivity index is 1.03. The van der Waals surface area contributed by atoms with Crippen LogP contribution in [0.1, 0.15) is 11.7 Å². The maximum atomic E-state index is 14.1. The molecule has 1 aromatic carbocycles. The number of aliphatic hydroxyl groups excluding tert-OH is 21. The first-order valence-electron chi connectivity index (χ1n) is 26.8. The van der Waals surface area contributed by atoms with Crippen molar-refractivity contribution < 1.29 is 178 Å². The summed E-state index contributed by atoms with van der Waals surface area (Å²) in [5.74, 6) is -0.767. The summed E-state index contributed by atoms with van der Waals surface area (Å²) in [4.78, 5) is 0. The second-order valence-corrected chi connectivity index (χ2v) is 21.4. The van der Waals surface area contributed by atoms with Crippen LogP contribution >= 0.6 is 0 Å². The highest BCUT2D eigenvalue weighted by Crippen LogP contribution is 2.40. The lowest BCUT2D eigenvalue weighted by Crippen LogP contribution is -2.68. The highest BCUT2D eigenvalue weighted by Gasteiger charge is 2.60. The predicted molar refractivity (Wildman–Crippen MR) is 253 cm³/mol. The molecule has 36 heteroatoms. The van der Waals surface area contributed by atoms with Crippen molar-refractivity contribution >= 4 is 0 Å². The molecule has 0 spiro atoms. The van der Waals surface area contributed by atoms with Gasteiger partial charge in [0.2, 0.25) is 0 Å². The summed E-state index contributed by atoms with van der Waals surface area (Å²) in [6, 6.07) is 4.01. The summed E-state index contributed by atoms with van der Waals surface area (Å²) in [7, 11) is 0. The van der Waals surface area contributed by atoms with Gasteiger partial charge in [-0.25, -0.2) is 4.39 Å². The van der Waals surface area contributed by atoms with E-state index in [1.165, 1.54) is 0 Å². The Morgan fingerprint density at radius 3 is 0.679 bits per heavy atom. The maximum Gasteiger partial charge on any atom is 0.187 e. The van der Waals surface area contributed by atoms with Crippen molar-refractivity contribution in [2.24, 2.45) is 0 Å². The fourth-order valence-electron chi connectivity index (χ4n) is 11.3. The number of hydrogen-bond acceptors (Lipinski definition) is 35. The average molecular weight is 1230 g/mol. The van der Waals surface area contributed by atoms with Crippen molar-refractivity contribution in [2.45, 2.75) is 221 Å². The lowest BCUT2D eigenvalue weighted by Gasteiger charge is -2.50. The van der Waals surface area contributed by atoms with Gasteiger partial charge in [0.1, 0.15) is 183 Å². The van der Waals surface area contributed by atoms with Gasteiger partial charge in [-0.05, 0) is 17.7 Å². The second-order valence-electron chi connectivity index (χ2n) is 21.4. The van der Waals surface area contributed by atoms with E-state index in [1.54, 1.807) is 0 Å². The van der Waals surface area contributed by atoms with Gasteiger partial charge in [-0.1, -0.05) is 12.1 Å². The molecule has 0 aromatic heterocycles. The normalized spacial score (nSPS) is 52.1. The van der Waals surface area contributed by atoms with Gasteiger partial charge < -0.3 is 174 Å². The van der Waals surface area contributed by atoms with Crippen LogP contribution in [-0.4, -0.2) is 362 Å². The summed E-state index contributed by atoms with van der Waals surface area (Å²) in [6.45, 7) is -6.49. The largest absolute Gasteiger partial charge is 0.394 e. The third kappa shape index (κ3) is 12.9. The zero-order valence-corrected chi connectivity index (χ0v) is 43.8. The highest BCUT2D eigenvalue weighted by molar-refractivity contribution is 5.21. The molecule has 21 heterocycles. The zero-order valence-electron chi connectivity index (χ0n) is 43.8. The number of aliphatic hydroxyl groups is 21. The monoisotopic (exact) mass is 1230 g/mol. The molecule has 0 amide bonds. The van der Waals surface area contributed by atoms with Gasteiger partial charge in [0.15, 0.2) is 44.0 Å². The van der Waals surface area contributed by atoms with E-state index in [4.69, 9.17) is 66.3 Å². The third-order valence-electron chi connectivity index (χ3n) is 16.1. The van der Waals surface area contributed by atoms with Crippen LogP contribution in [0.4, 0.5) is 4.39 Å². The molecule has 21 aliphatic rings. The van der Waals surface area contributed by atoms with Crippen LogP contribution in [0.5, 0.6) is 0 Å². The number of halogens is 1. The van der Waals surface area contributed by atoms with Crippen LogP contribution in [-0.2, 0) is 66.3 Å². The van der Waals surface area contributed by atoms with Crippen molar-refractivity contribution in [1.29, 1.82) is 0 Å². The molecule has 482 valence electrons. The molecular formula is C48H73FO35. The summed E-state index contributed by atoms with van der Waals surface area (Å²) < 4.78 is 94.7. The molecule has 21 N–H and O–H groups in total. The van der Waals surface area contributed by atoms with Crippen LogP contribution in [0.2, 0.25) is 0 Å². The molecular weight excluding hydrogens is 1160 g/mol. The Morgan fingerprint density at radius 1 is 0.274 bits per heavy atom. The minimum Gasteiger partial charge on any atom is -0.394 e. The van der Waals surface area contributed by atoms with Crippen LogP contribution in [0.3, 0.4) is 0 Å². The summed E-state index contributed by atoms with van der Waals surface area (Å²) >= 11 is 0. The van der Waals surface area contributed by atoms with Crippen LogP contribution in [0.15, 0.2) is 24.3 Å². The number of benzene rings is 1. The molecule has 0 aliphatic carbocycles. The lowest BCUT2D eigenvalue weighted by molar-refractivity contribution is -0.399. The van der Waals surface area contributed by atoms with Crippen LogP contribution in [0.25, 0.3) is 0 Å². The number of rotatable bonds is 8. The molecule has 21 aliphatic heterocycles. The van der Waals surface area contributed by atoms with E-state index in [-0.39, 0.29) is 5.56 Å². The minimum atomic E-state index is -2.33. The molecule has 21 saturated heterocycles. The molecule has 14 bridgehead atoms. The first-order chi connectivity index (χ1) is 40.0. The van der Waals surface area contributed by atoms with Gasteiger partial charge in [0.25, 0.3) is 0 Å². The Kier molecular flexibility index (Phi) is 22.0. The molecule has 1 aromatic rings. The molecule has 21 fully saturated rings. The molecule has 0 saturated carbocycles. The van der Waals surface area contributed by atoms with E-state index in [0.717, 1.165) is 24.3 Å². The van der Waals surface area contributed by atoms with Crippen molar-refractivity contribution in [1.82, 2.24) is 0 Å². The quantitative estimate of drug-likeness (QED) is 0.115. The third-order valence-corrected chi connectivity index (χ3v) is 16.1. The van der Waals surface area contributed by atoms with Crippen LogP contribution in [0, 0.1) is 5.82 Å². The SMILES string of the molecule is OC[C@H]1O[C@@H]2O[C@H]3[C@H](O)[C@@H](O)[C@@H](O[C@H]4[C@H](O)[C@@H](O)[C@@H](O[C@H]5[C@H](O)[C@@H](O)[C@@H](O[C@H]6[C@H](O)[C@@H](O)[C@@H](O[C@H]7[C@H](O)[C@@H](O)[C@@H](O[C@H]8[C@H](O)[C@@H](O)[C@H](O[C@@H]8[C@H](O)c8ccc(F)cc8)O[C@H]1[C@H](O)[C@H]2O)O[C@@H]7CO)O[C@@H]6CO)O[C@@H]5CO)O[C@@H]4CO)O[C@@H]3CO. The first-order valence-corrected chi connectivity index (χ1v) is 26.8. The Labute approximate surface area is 473 Å². The van der Waals surface area contributed by atoms with Crippen molar-refractivity contribution in [3.8, 4) is 0 Å². The van der Waals surface area contributed by atoms with Gasteiger partial charge >= 0.3 is 0 Å². The minimum absolute atomic E-state index is 0.136. The highest BCUT2D eigenvalue weighted by atomic mass is 19.1. The maximum absolute atomic E-state index is 14.1. The zero-order chi connectivity index (χ0) is 60.9. The van der Waals surface area contributed by atoms with E-state index in [0.29, 0.717) is 0 Å². The standard InChI is InChI=1S/C48H73FO35/c49-12-3-1-11(2-4-12)19(56)40-41-26(63)33(70)48(83-40)82-39-18(10-55)75-46(31(68)24(39)61)80-37-16(8-53)73-44(29(66)22(37)59)78-35-14(6-51)71-42(27(64)20(35)57)77-34-13(5-50)72-43(28(65)21(34)58)79-36-15(7-52)74-45(30(67)23(36)60)81-38-17(9-54)76-47(84-41)32(69)25(38)62/h1-4,13-48,50-70H,5-10H2/t13-,14-,15-,16-,17-,18-,19-,20-,21-,22-,23-,24-,25-,26-,27-,28-,29-,30-,31-,32-,33-,34-,35-,36-,37-,38-,39-,40-,41+,42-,43-,44-,45-,46-,47-,48+/m1/s1. The van der Waals surface area contributed by atoms with Crippen molar-refractivity contribution in [2.75, 3.05) is 39.6 Å². The van der Waals surface area contributed by atoms with Gasteiger partial charge in [-0.15, -0.1) is 0 Å². The van der Waals surface area contributed by atoms with Gasteiger partial charge in [0.05, 0.1) is 39.6 Å². The number of ether oxygens (including phenoxy) is 14. The van der Waals surface area contributed by atoms with E-state index < -0.39 is 267 Å². The molecule has 36 atom stereocenters. The summed E-state index contributed by atoms with van der Waals surface area (Å²) in [5, 5.41) is 235. The topological polar surface area (TPSA) is 554 Å². The van der Waals surface area contributed by atoms with E-state index in [9.17, 15) is 112 Å². The fourth-order valence-corrected chi connectivity index (χ4v) is 11.3. The predicted octanol–water partition coefficient (Wildman–Crippen LogP) is -13.4. The van der Waals surface area contributed by atoms with Crippen LogP contribution < -0.4 is 0 Å². The van der Waals surface area contributed by atoms with Gasteiger partial charge in [-0.2, -0.15) is 0 Å². The van der Waals surface area contributed by atoms with E-state index >= 15 is 0 Å². The van der Waals surface area contributed by atoms with E-state index in [2.05, 4.69) is 0 Å². The summed E-state index contributed by atoms with van der Waals surface area (Å²) in [5.41, 5.74) is -0.136. The smallest absolute Gasteiger partial charge is 0.187 e. The Bertz CT molecular complexity index is 2200. The molecule has 0 unspecified atom stereocenters. The number of hydrogen-bond donors (Lipinski definition) is 21. The first kappa shape index (κ1) is 66.2. The molecule has 0 radical (unpaired) electrons. The Hall–Kier alpha value is -2.25. The fraction of sp³-hybridized carbons (Fsp3) is 0.875. The van der Waals surface area contributed by atoms with Crippen molar-refractivity contribution in [3.05, 3.63) is 35.6 Å².